The van der Waals surface area contributed by atoms with Crippen molar-refractivity contribution in [2.75, 3.05) is 30.9 Å². The Kier molecular flexibility index (Phi) is 4.87. The van der Waals surface area contributed by atoms with Crippen molar-refractivity contribution in [2.24, 2.45) is 0 Å². The molecule has 0 saturated carbocycles. The number of piperidine rings is 1. The number of hydrogen-bond donors (Lipinski definition) is 0. The molecule has 1 amide bonds. The number of sulfonamides is 1. The number of nitrogens with zero attached hydrogens (tertiary/aromatic N) is 2. The van der Waals surface area contributed by atoms with Crippen LogP contribution in [0.15, 0.2) is 24.3 Å². The van der Waals surface area contributed by atoms with E-state index in [1.165, 1.54) is 23.5 Å². The van der Waals surface area contributed by atoms with E-state index in [4.69, 9.17) is 4.74 Å². The van der Waals surface area contributed by atoms with Gasteiger partial charge in [0.25, 0.3) is 5.91 Å². The van der Waals surface area contributed by atoms with E-state index in [1.54, 1.807) is 17.0 Å². The molecule has 0 aromatic heterocycles. The lowest BCUT2D eigenvalue weighted by molar-refractivity contribution is -0.150. The Labute approximate surface area is 147 Å². The van der Waals surface area contributed by atoms with Gasteiger partial charge in [0.05, 0.1) is 11.3 Å². The molecule has 2 heterocycles. The van der Waals surface area contributed by atoms with E-state index in [9.17, 15) is 17.6 Å². The summed E-state index contributed by atoms with van der Waals surface area (Å²) in [5.41, 5.74) is -0.124. The van der Waals surface area contributed by atoms with Gasteiger partial charge < -0.3 is 9.64 Å². The Balaban J connectivity index is 1.85. The number of β-lactam (4-membered cyclic amide) rings is 1. The van der Waals surface area contributed by atoms with Crippen molar-refractivity contribution in [1.29, 1.82) is 0 Å². The highest BCUT2D eigenvalue weighted by atomic mass is 32.2. The van der Waals surface area contributed by atoms with Gasteiger partial charge in [-0.1, -0.05) is 13.0 Å². The quantitative estimate of drug-likeness (QED) is 0.741. The van der Waals surface area contributed by atoms with Crippen molar-refractivity contribution in [1.82, 2.24) is 4.31 Å². The van der Waals surface area contributed by atoms with E-state index in [2.05, 4.69) is 0 Å². The number of ether oxygens (including phenoxy) is 1. The van der Waals surface area contributed by atoms with Gasteiger partial charge in [0.15, 0.2) is 6.10 Å². The molecule has 1 spiro atoms. The molecule has 1 unspecified atom stereocenters. The number of amides is 1. The fourth-order valence-electron chi connectivity index (χ4n) is 3.96. The van der Waals surface area contributed by atoms with Crippen molar-refractivity contribution in [3.05, 3.63) is 30.1 Å². The third-order valence-electron chi connectivity index (χ3n) is 5.12. The molecule has 2 aliphatic rings. The Bertz CT molecular complexity index is 760. The summed E-state index contributed by atoms with van der Waals surface area (Å²) >= 11 is 0. The number of rotatable bonds is 5. The first-order valence-corrected chi connectivity index (χ1v) is 10.1. The van der Waals surface area contributed by atoms with E-state index in [0.717, 1.165) is 0 Å². The number of halogens is 1. The molecule has 8 heteroatoms. The van der Waals surface area contributed by atoms with Crippen LogP contribution in [0.1, 0.15) is 26.2 Å². The lowest BCUT2D eigenvalue weighted by atomic mass is 9.73. The van der Waals surface area contributed by atoms with E-state index in [-0.39, 0.29) is 11.7 Å². The number of benzene rings is 1. The number of methoxy groups -OCH3 is 1. The summed E-state index contributed by atoms with van der Waals surface area (Å²) < 4.78 is 45.0. The predicted octanol–water partition coefficient (Wildman–Crippen LogP) is 1.76. The second kappa shape index (κ2) is 6.66. The Hall–Kier alpha value is -1.51. The maximum atomic E-state index is 13.6. The minimum absolute atomic E-state index is 0.125. The molecule has 6 nitrogen and oxygen atoms in total. The number of hydrogen-bond acceptors (Lipinski definition) is 4. The van der Waals surface area contributed by atoms with Gasteiger partial charge in [0.2, 0.25) is 10.0 Å². The van der Waals surface area contributed by atoms with Gasteiger partial charge in [-0.05, 0) is 37.5 Å². The summed E-state index contributed by atoms with van der Waals surface area (Å²) in [6.45, 7) is 2.50. The topological polar surface area (TPSA) is 66.9 Å². The highest BCUT2D eigenvalue weighted by Gasteiger charge is 2.62. The van der Waals surface area contributed by atoms with Crippen LogP contribution in [-0.2, 0) is 19.6 Å². The molecule has 0 bridgehead atoms. The minimum Gasteiger partial charge on any atom is -0.369 e. The smallest absolute Gasteiger partial charge is 0.259 e. The van der Waals surface area contributed by atoms with Gasteiger partial charge in [0.1, 0.15) is 5.82 Å². The molecule has 2 fully saturated rings. The van der Waals surface area contributed by atoms with E-state index >= 15 is 0 Å². The fourth-order valence-corrected chi connectivity index (χ4v) is 5.47. The van der Waals surface area contributed by atoms with Crippen molar-refractivity contribution in [2.45, 2.75) is 37.8 Å². The molecular formula is C17H23FN2O4S. The van der Waals surface area contributed by atoms with Gasteiger partial charge >= 0.3 is 0 Å². The van der Waals surface area contributed by atoms with Gasteiger partial charge in [-0.25, -0.2) is 17.1 Å². The van der Waals surface area contributed by atoms with Crippen LogP contribution in [0, 0.1) is 5.82 Å². The molecule has 1 aromatic carbocycles. The van der Waals surface area contributed by atoms with Gasteiger partial charge in [-0.2, -0.15) is 0 Å². The Morgan fingerprint density at radius 1 is 1.32 bits per heavy atom. The van der Waals surface area contributed by atoms with Crippen molar-refractivity contribution >= 4 is 21.6 Å². The highest BCUT2D eigenvalue weighted by molar-refractivity contribution is 7.89. The molecule has 1 atom stereocenters. The third-order valence-corrected chi connectivity index (χ3v) is 7.20. The van der Waals surface area contributed by atoms with Crippen molar-refractivity contribution in [3.63, 3.8) is 0 Å². The van der Waals surface area contributed by atoms with Crippen molar-refractivity contribution in [3.8, 4) is 0 Å². The monoisotopic (exact) mass is 370 g/mol. The van der Waals surface area contributed by atoms with Crippen LogP contribution in [0.25, 0.3) is 0 Å². The van der Waals surface area contributed by atoms with Crippen molar-refractivity contribution < 1.29 is 22.3 Å². The summed E-state index contributed by atoms with van der Waals surface area (Å²) in [6.07, 6.45) is 0.887. The normalized spacial score (nSPS) is 23.7. The fraction of sp³-hybridized carbons (Fsp3) is 0.588. The van der Waals surface area contributed by atoms with E-state index in [1.807, 2.05) is 6.92 Å². The van der Waals surface area contributed by atoms with Gasteiger partial charge in [-0.3, -0.25) is 4.79 Å². The summed E-state index contributed by atoms with van der Waals surface area (Å²) in [5.74, 6) is -0.498. The first-order valence-electron chi connectivity index (χ1n) is 8.46. The van der Waals surface area contributed by atoms with Gasteiger partial charge in [0, 0.05) is 25.9 Å². The lowest BCUT2D eigenvalue weighted by Gasteiger charge is -2.59. The zero-order chi connectivity index (χ0) is 18.2. The standard InChI is InChI=1S/C17H23FN2O4S/c1-3-11-25(22,23)19-9-7-17(8-10-19)15(24-2)16(21)20(17)14-6-4-5-13(18)12-14/h4-6,12,15H,3,7-11H2,1-2H3. The van der Waals surface area contributed by atoms with Crippen LogP contribution >= 0.6 is 0 Å². The molecule has 0 aliphatic carbocycles. The largest absolute Gasteiger partial charge is 0.369 e. The molecule has 3 rings (SSSR count). The summed E-state index contributed by atoms with van der Waals surface area (Å²) in [6, 6.07) is 5.90. The Morgan fingerprint density at radius 3 is 2.56 bits per heavy atom. The molecule has 138 valence electrons. The van der Waals surface area contributed by atoms with E-state index < -0.39 is 27.5 Å². The zero-order valence-corrected chi connectivity index (χ0v) is 15.3. The van der Waals surface area contributed by atoms with Crippen LogP contribution in [0.5, 0.6) is 0 Å². The number of carbonyl (C=O) groups is 1. The zero-order valence-electron chi connectivity index (χ0n) is 14.4. The summed E-state index contributed by atoms with van der Waals surface area (Å²) in [4.78, 5) is 14.1. The van der Waals surface area contributed by atoms with E-state index in [0.29, 0.717) is 38.0 Å². The van der Waals surface area contributed by atoms with Gasteiger partial charge in [-0.15, -0.1) is 0 Å². The van der Waals surface area contributed by atoms with Crippen LogP contribution in [0.2, 0.25) is 0 Å². The summed E-state index contributed by atoms with van der Waals surface area (Å²) in [7, 11) is -1.79. The number of anilines is 1. The van der Waals surface area contributed by atoms with Crippen LogP contribution < -0.4 is 4.90 Å². The maximum absolute atomic E-state index is 13.6. The Morgan fingerprint density at radius 2 is 2.00 bits per heavy atom. The lowest BCUT2D eigenvalue weighted by Crippen LogP contribution is -2.78. The molecule has 1 aromatic rings. The maximum Gasteiger partial charge on any atom is 0.259 e. The van der Waals surface area contributed by atoms with Crippen LogP contribution in [0.3, 0.4) is 0 Å². The number of carbonyl (C=O) groups excluding carboxylic acids is 1. The highest BCUT2D eigenvalue weighted by Crippen LogP contribution is 2.46. The minimum atomic E-state index is -3.27. The average molecular weight is 370 g/mol. The molecular weight excluding hydrogens is 347 g/mol. The molecule has 0 N–H and O–H groups in total. The third kappa shape index (κ3) is 2.96. The first kappa shape index (κ1) is 18.3. The second-order valence-corrected chi connectivity index (χ2v) is 8.68. The molecule has 25 heavy (non-hydrogen) atoms. The average Bonchev–Trinajstić information content (AvgIpc) is 2.56. The SMILES string of the molecule is CCCS(=O)(=O)N1CCC2(CC1)C(OC)C(=O)N2c1cccc(F)c1. The van der Waals surface area contributed by atoms with Crippen LogP contribution in [-0.4, -0.2) is 56.2 Å². The molecule has 2 aliphatic heterocycles. The summed E-state index contributed by atoms with van der Waals surface area (Å²) in [5, 5.41) is 0. The second-order valence-electron chi connectivity index (χ2n) is 6.59. The predicted molar refractivity (Wildman–Crippen MR) is 92.3 cm³/mol. The molecule has 0 radical (unpaired) electrons. The van der Waals surface area contributed by atoms with Crippen LogP contribution in [0.4, 0.5) is 10.1 Å². The molecule has 2 saturated heterocycles. The first-order chi connectivity index (χ1) is 11.9.